The molecule has 7 heteroatoms. The summed E-state index contributed by atoms with van der Waals surface area (Å²) in [5, 5.41) is 0. The summed E-state index contributed by atoms with van der Waals surface area (Å²) in [5.74, 6) is -0.381. The highest BCUT2D eigenvalue weighted by Crippen LogP contribution is 2.23. The molecule has 1 fully saturated rings. The van der Waals surface area contributed by atoms with Crippen LogP contribution in [0.4, 0.5) is 10.1 Å². The van der Waals surface area contributed by atoms with Crippen LogP contribution in [0.1, 0.15) is 51.2 Å². The van der Waals surface area contributed by atoms with Crippen LogP contribution in [0.3, 0.4) is 0 Å². The van der Waals surface area contributed by atoms with E-state index in [4.69, 9.17) is 4.74 Å². The summed E-state index contributed by atoms with van der Waals surface area (Å²) in [7, 11) is 0. The van der Waals surface area contributed by atoms with Crippen molar-refractivity contribution in [1.29, 1.82) is 0 Å². The second-order valence-electron chi connectivity index (χ2n) is 9.45. The van der Waals surface area contributed by atoms with Crippen molar-refractivity contribution < 1.29 is 23.5 Å². The number of likely N-dealkylation sites (tertiary alicyclic amines) is 1. The molecular weight excluding hydrogens is 447 g/mol. The van der Waals surface area contributed by atoms with Gasteiger partial charge in [0.1, 0.15) is 5.82 Å². The Balaban J connectivity index is 1.63. The van der Waals surface area contributed by atoms with E-state index in [2.05, 4.69) is 0 Å². The molecule has 1 saturated heterocycles. The van der Waals surface area contributed by atoms with E-state index in [1.165, 1.54) is 12.1 Å². The first-order valence-electron chi connectivity index (χ1n) is 12.3. The smallest absolute Gasteiger partial charge is 0.309 e. The topological polar surface area (TPSA) is 66.9 Å². The van der Waals surface area contributed by atoms with E-state index >= 15 is 0 Å². The van der Waals surface area contributed by atoms with Gasteiger partial charge in [0, 0.05) is 25.2 Å². The van der Waals surface area contributed by atoms with E-state index < -0.39 is 0 Å². The van der Waals surface area contributed by atoms with E-state index in [0.29, 0.717) is 45.5 Å². The molecule has 0 atom stereocenters. The van der Waals surface area contributed by atoms with Gasteiger partial charge in [0.05, 0.1) is 25.5 Å². The Hall–Kier alpha value is -3.22. The van der Waals surface area contributed by atoms with Crippen molar-refractivity contribution in [3.8, 4) is 0 Å². The number of anilines is 1. The third-order valence-corrected chi connectivity index (χ3v) is 6.21. The number of esters is 1. The molecule has 0 aromatic heterocycles. The van der Waals surface area contributed by atoms with Crippen LogP contribution in [0.5, 0.6) is 0 Å². The minimum Gasteiger partial charge on any atom is -0.466 e. The van der Waals surface area contributed by atoms with Crippen molar-refractivity contribution in [2.24, 2.45) is 11.8 Å². The van der Waals surface area contributed by atoms with E-state index in [-0.39, 0.29) is 41.9 Å². The lowest BCUT2D eigenvalue weighted by atomic mass is 9.96. The number of hydrogen-bond donors (Lipinski definition) is 0. The summed E-state index contributed by atoms with van der Waals surface area (Å²) in [5.41, 5.74) is 2.45. The SMILES string of the molecule is CCOC(=O)C1CCN(C(=O)Cc2ccc(N(Cc3ccc(F)cc3)C(=O)CC(C)C)cc2)CC1. The van der Waals surface area contributed by atoms with Gasteiger partial charge in [-0.1, -0.05) is 38.1 Å². The Morgan fingerprint density at radius 1 is 1.00 bits per heavy atom. The molecule has 0 bridgehead atoms. The van der Waals surface area contributed by atoms with Gasteiger partial charge in [-0.25, -0.2) is 4.39 Å². The van der Waals surface area contributed by atoms with Crippen LogP contribution in [0.25, 0.3) is 0 Å². The maximum absolute atomic E-state index is 13.3. The van der Waals surface area contributed by atoms with Crippen molar-refractivity contribution >= 4 is 23.5 Å². The summed E-state index contributed by atoms with van der Waals surface area (Å²) in [6.45, 7) is 7.61. The molecule has 2 aromatic rings. The predicted octanol–water partition coefficient (Wildman–Crippen LogP) is 4.75. The molecule has 188 valence electrons. The zero-order chi connectivity index (χ0) is 25.4. The quantitative estimate of drug-likeness (QED) is 0.484. The first-order valence-corrected chi connectivity index (χ1v) is 12.3. The lowest BCUT2D eigenvalue weighted by molar-refractivity contribution is -0.151. The highest BCUT2D eigenvalue weighted by molar-refractivity contribution is 5.93. The first-order chi connectivity index (χ1) is 16.8. The number of hydrogen-bond acceptors (Lipinski definition) is 4. The molecule has 6 nitrogen and oxygen atoms in total. The molecule has 0 saturated carbocycles. The monoisotopic (exact) mass is 482 g/mol. The number of benzene rings is 2. The first kappa shape index (κ1) is 26.4. The lowest BCUT2D eigenvalue weighted by Crippen LogP contribution is -2.41. The van der Waals surface area contributed by atoms with Gasteiger partial charge in [0.2, 0.25) is 11.8 Å². The molecule has 0 unspecified atom stereocenters. The molecule has 0 radical (unpaired) electrons. The zero-order valence-electron chi connectivity index (χ0n) is 20.8. The van der Waals surface area contributed by atoms with Crippen molar-refractivity contribution in [1.82, 2.24) is 4.90 Å². The average Bonchev–Trinajstić information content (AvgIpc) is 2.84. The molecule has 0 aliphatic carbocycles. The molecule has 2 amide bonds. The molecule has 2 aromatic carbocycles. The van der Waals surface area contributed by atoms with Gasteiger partial charge in [-0.2, -0.15) is 0 Å². The van der Waals surface area contributed by atoms with Crippen LogP contribution in [0.2, 0.25) is 0 Å². The molecule has 1 heterocycles. The van der Waals surface area contributed by atoms with Gasteiger partial charge in [-0.3, -0.25) is 14.4 Å². The van der Waals surface area contributed by atoms with Crippen LogP contribution in [0, 0.1) is 17.7 Å². The minimum atomic E-state index is -0.312. The fourth-order valence-electron chi connectivity index (χ4n) is 4.26. The number of nitrogens with zero attached hydrogens (tertiary/aromatic N) is 2. The Kier molecular flexibility index (Phi) is 9.40. The maximum Gasteiger partial charge on any atom is 0.309 e. The fourth-order valence-corrected chi connectivity index (χ4v) is 4.26. The molecule has 0 spiro atoms. The van der Waals surface area contributed by atoms with Crippen molar-refractivity contribution in [2.75, 3.05) is 24.6 Å². The van der Waals surface area contributed by atoms with Crippen molar-refractivity contribution in [3.63, 3.8) is 0 Å². The number of piperidine rings is 1. The van der Waals surface area contributed by atoms with E-state index in [0.717, 1.165) is 16.8 Å². The summed E-state index contributed by atoms with van der Waals surface area (Å²) >= 11 is 0. The van der Waals surface area contributed by atoms with Crippen LogP contribution in [-0.2, 0) is 32.1 Å². The summed E-state index contributed by atoms with van der Waals surface area (Å²) in [6, 6.07) is 13.6. The Morgan fingerprint density at radius 2 is 1.60 bits per heavy atom. The van der Waals surface area contributed by atoms with Crippen LogP contribution < -0.4 is 4.90 Å². The van der Waals surface area contributed by atoms with Gasteiger partial charge in [-0.15, -0.1) is 0 Å². The van der Waals surface area contributed by atoms with Crippen LogP contribution >= 0.6 is 0 Å². The minimum absolute atomic E-state index is 0.00220. The average molecular weight is 483 g/mol. The van der Waals surface area contributed by atoms with Crippen LogP contribution in [0.15, 0.2) is 48.5 Å². The van der Waals surface area contributed by atoms with Gasteiger partial charge >= 0.3 is 5.97 Å². The summed E-state index contributed by atoms with van der Waals surface area (Å²) in [4.78, 5) is 41.2. The van der Waals surface area contributed by atoms with Gasteiger partial charge < -0.3 is 14.5 Å². The summed E-state index contributed by atoms with van der Waals surface area (Å²) < 4.78 is 18.4. The molecule has 0 N–H and O–H groups in total. The Labute approximate surface area is 207 Å². The number of rotatable bonds is 9. The second kappa shape index (κ2) is 12.5. The van der Waals surface area contributed by atoms with Crippen molar-refractivity contribution in [3.05, 3.63) is 65.5 Å². The summed E-state index contributed by atoms with van der Waals surface area (Å²) in [6.07, 6.45) is 1.92. The zero-order valence-corrected chi connectivity index (χ0v) is 20.8. The van der Waals surface area contributed by atoms with E-state index in [9.17, 15) is 18.8 Å². The maximum atomic E-state index is 13.3. The second-order valence-corrected chi connectivity index (χ2v) is 9.45. The standard InChI is InChI=1S/C28H35FN2O4/c1-4-35-28(34)23-13-15-30(16-14-23)26(32)18-21-7-11-25(12-8-21)31(27(33)17-20(2)3)19-22-5-9-24(29)10-6-22/h5-12,20,23H,4,13-19H2,1-3H3. The number of halogens is 1. The largest absolute Gasteiger partial charge is 0.466 e. The number of carbonyl (C=O) groups is 3. The third kappa shape index (κ3) is 7.64. The highest BCUT2D eigenvalue weighted by Gasteiger charge is 2.28. The van der Waals surface area contributed by atoms with Crippen molar-refractivity contribution in [2.45, 2.75) is 53.0 Å². The van der Waals surface area contributed by atoms with Gasteiger partial charge in [0.25, 0.3) is 0 Å². The molecular formula is C28H35FN2O4. The molecule has 35 heavy (non-hydrogen) atoms. The molecule has 1 aliphatic heterocycles. The van der Waals surface area contributed by atoms with E-state index in [1.54, 1.807) is 28.9 Å². The van der Waals surface area contributed by atoms with Gasteiger partial charge in [0.15, 0.2) is 0 Å². The Bertz CT molecular complexity index is 997. The molecule has 3 rings (SSSR count). The van der Waals surface area contributed by atoms with Crippen LogP contribution in [-0.4, -0.2) is 42.4 Å². The number of ether oxygens (including phenoxy) is 1. The van der Waals surface area contributed by atoms with E-state index in [1.807, 2.05) is 38.1 Å². The molecule has 1 aliphatic rings. The Morgan fingerprint density at radius 3 is 2.17 bits per heavy atom. The lowest BCUT2D eigenvalue weighted by Gasteiger charge is -2.31. The highest BCUT2D eigenvalue weighted by atomic mass is 19.1. The fraction of sp³-hybridized carbons (Fsp3) is 0.464. The predicted molar refractivity (Wildman–Crippen MR) is 133 cm³/mol. The normalized spacial score (nSPS) is 14.1. The third-order valence-electron chi connectivity index (χ3n) is 6.21. The number of carbonyl (C=O) groups excluding carboxylic acids is 3. The van der Waals surface area contributed by atoms with Gasteiger partial charge in [-0.05, 0) is 61.1 Å². The number of amides is 2.